The van der Waals surface area contributed by atoms with Crippen LogP contribution in [0.25, 0.3) is 20.9 Å². The molecule has 2 aromatic carbocycles. The van der Waals surface area contributed by atoms with Gasteiger partial charge in [0.2, 0.25) is 0 Å². The molecular weight excluding hydrogens is 526 g/mol. The number of fused-ring (bicyclic) bond motifs is 1. The lowest BCUT2D eigenvalue weighted by atomic mass is 9.92. The SMILES string of the molecule is N[C@@H](Cc1ccc(-c2nc3ccc(C4(c5ccccc5)CC4)nc3s2)c(F)c1)C(=O)O.O=C(O)C(F)(F)F. The van der Waals surface area contributed by atoms with Crippen molar-refractivity contribution in [3.8, 4) is 10.6 Å². The summed E-state index contributed by atoms with van der Waals surface area (Å²) in [4.78, 5) is 30.1. The number of aliphatic carboxylic acids is 2. The molecule has 2 aromatic heterocycles. The number of carbonyl (C=O) groups is 2. The number of nitrogens with two attached hydrogens (primary N) is 1. The Balaban J connectivity index is 0.000000426. The monoisotopic (exact) mass is 547 g/mol. The average Bonchev–Trinajstić information content (AvgIpc) is 3.57. The number of hydrogen-bond acceptors (Lipinski definition) is 6. The molecule has 0 radical (unpaired) electrons. The molecule has 0 spiro atoms. The maximum atomic E-state index is 14.8. The Morgan fingerprint density at radius 3 is 2.24 bits per heavy atom. The van der Waals surface area contributed by atoms with Crippen LogP contribution < -0.4 is 5.73 Å². The summed E-state index contributed by atoms with van der Waals surface area (Å²) >= 11 is 1.36. The van der Waals surface area contributed by atoms with Gasteiger partial charge in [-0.05, 0) is 54.7 Å². The Morgan fingerprint density at radius 2 is 1.68 bits per heavy atom. The minimum atomic E-state index is -5.08. The molecule has 4 aromatic rings. The van der Waals surface area contributed by atoms with Crippen LogP contribution in [0.4, 0.5) is 17.6 Å². The van der Waals surface area contributed by atoms with E-state index in [9.17, 15) is 22.4 Å². The average molecular weight is 548 g/mol. The Morgan fingerprint density at radius 1 is 1.03 bits per heavy atom. The lowest BCUT2D eigenvalue weighted by Gasteiger charge is -2.14. The zero-order valence-corrected chi connectivity index (χ0v) is 20.4. The van der Waals surface area contributed by atoms with Gasteiger partial charge in [0.1, 0.15) is 27.2 Å². The highest BCUT2D eigenvalue weighted by molar-refractivity contribution is 7.21. The fraction of sp³-hybridized carbons (Fsp3) is 0.231. The van der Waals surface area contributed by atoms with Crippen LogP contribution in [-0.2, 0) is 21.4 Å². The fourth-order valence-electron chi connectivity index (χ4n) is 3.97. The van der Waals surface area contributed by atoms with Crippen LogP contribution in [-0.4, -0.2) is 44.3 Å². The second kappa shape index (κ2) is 10.5. The fourth-order valence-corrected chi connectivity index (χ4v) is 4.94. The van der Waals surface area contributed by atoms with Crippen LogP contribution in [0.3, 0.4) is 0 Å². The summed E-state index contributed by atoms with van der Waals surface area (Å²) < 4.78 is 46.5. The van der Waals surface area contributed by atoms with Crippen molar-refractivity contribution < 1.29 is 37.4 Å². The van der Waals surface area contributed by atoms with E-state index in [2.05, 4.69) is 29.2 Å². The second-order valence-electron chi connectivity index (χ2n) is 8.75. The Labute approximate surface area is 217 Å². The molecule has 1 atom stereocenters. The number of benzene rings is 2. The molecule has 2 heterocycles. The van der Waals surface area contributed by atoms with Crippen molar-refractivity contribution in [3.05, 3.63) is 83.3 Å². The summed E-state index contributed by atoms with van der Waals surface area (Å²) in [6.45, 7) is 0. The molecule has 0 amide bonds. The Bertz CT molecular complexity index is 1490. The summed E-state index contributed by atoms with van der Waals surface area (Å²) in [5, 5.41) is 16.6. The third kappa shape index (κ3) is 5.81. The van der Waals surface area contributed by atoms with Gasteiger partial charge in [0.05, 0.1) is 5.69 Å². The van der Waals surface area contributed by atoms with E-state index in [1.165, 1.54) is 23.0 Å². The quantitative estimate of drug-likeness (QED) is 0.285. The largest absolute Gasteiger partial charge is 0.490 e. The first-order valence-electron chi connectivity index (χ1n) is 11.3. The molecule has 0 bridgehead atoms. The van der Waals surface area contributed by atoms with Crippen molar-refractivity contribution in [2.75, 3.05) is 0 Å². The summed E-state index contributed by atoms with van der Waals surface area (Å²) in [6, 6.07) is 18.0. The first kappa shape index (κ1) is 27.1. The molecule has 0 saturated heterocycles. The zero-order valence-electron chi connectivity index (χ0n) is 19.6. The molecular formula is C26H21F4N3O4S. The van der Waals surface area contributed by atoms with Gasteiger partial charge in [0.15, 0.2) is 0 Å². The standard InChI is InChI=1S/C24H20FN3O2S.C2HF3O2/c25-17-12-14(13-18(26)23(29)30)6-7-16(17)21-27-19-8-9-20(28-22(19)31-21)24(10-11-24)15-4-2-1-3-5-15;3-2(4,5)1(6)7/h1-9,12,18H,10-11,13,26H2,(H,29,30);(H,6,7)/t18-;/m0./s1. The number of thiazole rings is 1. The zero-order chi connectivity index (χ0) is 27.7. The van der Waals surface area contributed by atoms with Gasteiger partial charge < -0.3 is 15.9 Å². The number of alkyl halides is 3. The molecule has 198 valence electrons. The van der Waals surface area contributed by atoms with Crippen molar-refractivity contribution in [1.29, 1.82) is 0 Å². The van der Waals surface area contributed by atoms with Crippen molar-refractivity contribution >= 4 is 33.6 Å². The van der Waals surface area contributed by atoms with Gasteiger partial charge in [0, 0.05) is 11.0 Å². The molecule has 1 saturated carbocycles. The van der Waals surface area contributed by atoms with Crippen LogP contribution in [0.5, 0.6) is 0 Å². The van der Waals surface area contributed by atoms with Crippen LogP contribution >= 0.6 is 11.3 Å². The van der Waals surface area contributed by atoms with E-state index in [1.54, 1.807) is 12.1 Å². The van der Waals surface area contributed by atoms with E-state index in [4.69, 9.17) is 25.7 Å². The highest BCUT2D eigenvalue weighted by Crippen LogP contribution is 2.53. The van der Waals surface area contributed by atoms with Gasteiger partial charge in [-0.2, -0.15) is 13.2 Å². The predicted octanol–water partition coefficient (Wildman–Crippen LogP) is 5.17. The van der Waals surface area contributed by atoms with E-state index < -0.39 is 30.0 Å². The van der Waals surface area contributed by atoms with E-state index >= 15 is 0 Å². The number of nitrogens with zero attached hydrogens (tertiary/aromatic N) is 2. The van der Waals surface area contributed by atoms with Crippen LogP contribution in [0.15, 0.2) is 60.7 Å². The first-order valence-corrected chi connectivity index (χ1v) is 12.1. The van der Waals surface area contributed by atoms with Crippen LogP contribution in [0, 0.1) is 5.82 Å². The van der Waals surface area contributed by atoms with Crippen LogP contribution in [0.2, 0.25) is 0 Å². The van der Waals surface area contributed by atoms with E-state index in [-0.39, 0.29) is 11.8 Å². The van der Waals surface area contributed by atoms with Crippen molar-refractivity contribution in [2.45, 2.75) is 36.9 Å². The van der Waals surface area contributed by atoms with Gasteiger partial charge in [-0.15, -0.1) is 0 Å². The Hall–Kier alpha value is -3.90. The first-order chi connectivity index (χ1) is 17.9. The van der Waals surface area contributed by atoms with E-state index in [0.29, 0.717) is 16.1 Å². The number of carboxylic acid groups (broad SMARTS) is 2. The molecule has 4 N–H and O–H groups in total. The van der Waals surface area contributed by atoms with E-state index in [0.717, 1.165) is 28.9 Å². The number of carboxylic acids is 2. The molecule has 38 heavy (non-hydrogen) atoms. The van der Waals surface area contributed by atoms with Crippen molar-refractivity contribution in [2.24, 2.45) is 5.73 Å². The molecule has 1 aliphatic carbocycles. The molecule has 1 aliphatic rings. The van der Waals surface area contributed by atoms with Gasteiger partial charge in [0.25, 0.3) is 0 Å². The number of rotatable bonds is 6. The Kier molecular flexibility index (Phi) is 7.47. The summed E-state index contributed by atoms with van der Waals surface area (Å²) in [5.41, 5.74) is 9.48. The number of aromatic nitrogens is 2. The van der Waals surface area contributed by atoms with Gasteiger partial charge >= 0.3 is 18.1 Å². The summed E-state index contributed by atoms with van der Waals surface area (Å²) in [7, 11) is 0. The van der Waals surface area contributed by atoms with Gasteiger partial charge in [-0.3, -0.25) is 4.79 Å². The molecule has 1 fully saturated rings. The topological polar surface area (TPSA) is 126 Å². The maximum Gasteiger partial charge on any atom is 0.490 e. The molecule has 12 heteroatoms. The smallest absolute Gasteiger partial charge is 0.480 e. The van der Waals surface area contributed by atoms with Gasteiger partial charge in [-0.1, -0.05) is 47.7 Å². The lowest BCUT2D eigenvalue weighted by molar-refractivity contribution is -0.192. The van der Waals surface area contributed by atoms with Crippen molar-refractivity contribution in [3.63, 3.8) is 0 Å². The van der Waals surface area contributed by atoms with E-state index in [1.807, 2.05) is 18.2 Å². The van der Waals surface area contributed by atoms with Gasteiger partial charge in [-0.25, -0.2) is 19.2 Å². The number of halogens is 4. The minimum absolute atomic E-state index is 0.0323. The minimum Gasteiger partial charge on any atom is -0.480 e. The highest BCUT2D eigenvalue weighted by Gasteiger charge is 2.47. The maximum absolute atomic E-state index is 14.8. The molecule has 7 nitrogen and oxygen atoms in total. The normalized spacial score (nSPS) is 14.9. The lowest BCUT2D eigenvalue weighted by Crippen LogP contribution is -2.32. The highest BCUT2D eigenvalue weighted by atomic mass is 32.1. The molecule has 0 aliphatic heterocycles. The predicted molar refractivity (Wildman–Crippen MR) is 132 cm³/mol. The van der Waals surface area contributed by atoms with Crippen LogP contribution in [0.1, 0.15) is 29.7 Å². The molecule has 5 rings (SSSR count). The number of hydrogen-bond donors (Lipinski definition) is 3. The number of pyridine rings is 1. The third-order valence-electron chi connectivity index (χ3n) is 6.10. The summed E-state index contributed by atoms with van der Waals surface area (Å²) in [6.07, 6.45) is -2.88. The third-order valence-corrected chi connectivity index (χ3v) is 7.10. The second-order valence-corrected chi connectivity index (χ2v) is 9.73. The van der Waals surface area contributed by atoms with Crippen molar-refractivity contribution in [1.82, 2.24) is 9.97 Å². The summed E-state index contributed by atoms with van der Waals surface area (Å²) in [5.74, 6) is -4.31. The molecule has 0 unspecified atom stereocenters.